The fourth-order valence-electron chi connectivity index (χ4n) is 3.02. The maximum absolute atomic E-state index is 12.7. The molecule has 5 nitrogen and oxygen atoms in total. The van der Waals surface area contributed by atoms with Crippen molar-refractivity contribution < 1.29 is 14.3 Å². The molecule has 0 spiro atoms. The molecule has 1 atom stereocenters. The van der Waals surface area contributed by atoms with Crippen molar-refractivity contribution in [3.63, 3.8) is 0 Å². The lowest BCUT2D eigenvalue weighted by Gasteiger charge is -2.19. The molecule has 0 radical (unpaired) electrons. The van der Waals surface area contributed by atoms with Gasteiger partial charge in [0, 0.05) is 6.54 Å². The average molecular weight is 423 g/mol. The van der Waals surface area contributed by atoms with Gasteiger partial charge in [0.1, 0.15) is 5.75 Å². The average Bonchev–Trinajstić information content (AvgIpc) is 2.78. The van der Waals surface area contributed by atoms with Crippen molar-refractivity contribution in [3.05, 3.63) is 101 Å². The van der Waals surface area contributed by atoms with Crippen LogP contribution in [0, 0.1) is 0 Å². The first-order valence-electron chi connectivity index (χ1n) is 9.57. The van der Waals surface area contributed by atoms with Crippen LogP contribution in [0.25, 0.3) is 0 Å². The lowest BCUT2D eigenvalue weighted by atomic mass is 10.0. The van der Waals surface area contributed by atoms with Crippen LogP contribution in [-0.4, -0.2) is 18.9 Å². The molecule has 0 aromatic heterocycles. The molecule has 0 saturated carbocycles. The van der Waals surface area contributed by atoms with E-state index in [1.54, 1.807) is 31.4 Å². The topological polar surface area (TPSA) is 67.4 Å². The van der Waals surface area contributed by atoms with E-state index in [1.165, 1.54) is 0 Å². The maximum Gasteiger partial charge on any atom is 0.253 e. The molecule has 30 heavy (non-hydrogen) atoms. The highest BCUT2D eigenvalue weighted by Crippen LogP contribution is 2.20. The van der Waals surface area contributed by atoms with Gasteiger partial charge in [0.15, 0.2) is 0 Å². The summed E-state index contributed by atoms with van der Waals surface area (Å²) >= 11 is 6.14. The summed E-state index contributed by atoms with van der Waals surface area (Å²) in [6, 6.07) is 23.2. The van der Waals surface area contributed by atoms with Gasteiger partial charge in [0.05, 0.1) is 30.2 Å². The van der Waals surface area contributed by atoms with Crippen LogP contribution in [0.5, 0.6) is 5.75 Å². The Bertz CT molecular complexity index is 991. The number of ether oxygens (including phenoxy) is 1. The van der Waals surface area contributed by atoms with Crippen LogP contribution >= 0.6 is 11.6 Å². The van der Waals surface area contributed by atoms with Gasteiger partial charge < -0.3 is 15.4 Å². The molecule has 0 bridgehead atoms. The Labute approximate surface area is 181 Å². The number of carbonyl (C=O) groups excluding carboxylic acids is 2. The highest BCUT2D eigenvalue weighted by molar-refractivity contribution is 6.33. The van der Waals surface area contributed by atoms with E-state index in [0.717, 1.165) is 16.9 Å². The quantitative estimate of drug-likeness (QED) is 0.560. The van der Waals surface area contributed by atoms with Crippen LogP contribution in [0.1, 0.15) is 33.9 Å². The normalized spacial score (nSPS) is 11.4. The molecule has 0 aliphatic carbocycles. The van der Waals surface area contributed by atoms with Gasteiger partial charge in [0.25, 0.3) is 5.91 Å². The zero-order chi connectivity index (χ0) is 21.3. The summed E-state index contributed by atoms with van der Waals surface area (Å²) in [6.45, 7) is 0.392. The van der Waals surface area contributed by atoms with Crippen LogP contribution < -0.4 is 15.4 Å². The molecule has 0 aliphatic rings. The summed E-state index contributed by atoms with van der Waals surface area (Å²) < 4.78 is 5.14. The molecule has 0 heterocycles. The van der Waals surface area contributed by atoms with Crippen molar-refractivity contribution in [2.45, 2.75) is 19.0 Å². The number of hydrogen-bond acceptors (Lipinski definition) is 3. The minimum absolute atomic E-state index is 0.108. The van der Waals surface area contributed by atoms with Crippen LogP contribution in [0.4, 0.5) is 0 Å². The summed E-state index contributed by atoms with van der Waals surface area (Å²) in [5, 5.41) is 6.20. The first kappa shape index (κ1) is 21.4. The van der Waals surface area contributed by atoms with Crippen molar-refractivity contribution in [2.24, 2.45) is 0 Å². The monoisotopic (exact) mass is 422 g/mol. The second kappa shape index (κ2) is 10.5. The molecule has 3 rings (SSSR count). The highest BCUT2D eigenvalue weighted by Gasteiger charge is 2.20. The molecule has 3 aromatic carbocycles. The smallest absolute Gasteiger partial charge is 0.253 e. The van der Waals surface area contributed by atoms with E-state index in [9.17, 15) is 9.59 Å². The van der Waals surface area contributed by atoms with Gasteiger partial charge in [-0.1, -0.05) is 66.2 Å². The summed E-state index contributed by atoms with van der Waals surface area (Å²) in [5.41, 5.74) is 2.18. The molecule has 1 unspecified atom stereocenters. The second-order valence-corrected chi connectivity index (χ2v) is 7.15. The van der Waals surface area contributed by atoms with Crippen molar-refractivity contribution in [2.75, 3.05) is 7.11 Å². The molecule has 2 amide bonds. The van der Waals surface area contributed by atoms with E-state index < -0.39 is 6.04 Å². The number of nitrogens with one attached hydrogen (secondary N) is 2. The Balaban J connectivity index is 1.67. The molecular formula is C24H23ClN2O3. The Morgan fingerprint density at radius 2 is 1.60 bits per heavy atom. The summed E-state index contributed by atoms with van der Waals surface area (Å²) in [5.74, 6) is 0.271. The number of benzene rings is 3. The highest BCUT2D eigenvalue weighted by atomic mass is 35.5. The number of amides is 2. The van der Waals surface area contributed by atoms with E-state index >= 15 is 0 Å². The Morgan fingerprint density at radius 1 is 0.933 bits per heavy atom. The predicted molar refractivity (Wildman–Crippen MR) is 118 cm³/mol. The number of hydrogen-bond donors (Lipinski definition) is 2. The SMILES string of the molecule is COc1ccc(CNC(=O)CC(NC(=O)c2ccccc2Cl)c2ccccc2)cc1. The van der Waals surface area contributed by atoms with Gasteiger partial charge in [-0.2, -0.15) is 0 Å². The van der Waals surface area contributed by atoms with E-state index in [4.69, 9.17) is 16.3 Å². The van der Waals surface area contributed by atoms with Crippen molar-refractivity contribution >= 4 is 23.4 Å². The number of carbonyl (C=O) groups is 2. The third kappa shape index (κ3) is 5.84. The maximum atomic E-state index is 12.7. The van der Waals surface area contributed by atoms with Crippen molar-refractivity contribution in [1.29, 1.82) is 0 Å². The third-order valence-electron chi connectivity index (χ3n) is 4.66. The van der Waals surface area contributed by atoms with Crippen molar-refractivity contribution in [1.82, 2.24) is 10.6 Å². The molecule has 2 N–H and O–H groups in total. The molecule has 0 aliphatic heterocycles. The predicted octanol–water partition coefficient (Wildman–Crippen LogP) is 4.53. The standard InChI is InChI=1S/C24H23ClN2O3/c1-30-19-13-11-17(12-14-19)16-26-23(28)15-22(18-7-3-2-4-8-18)27-24(29)20-9-5-6-10-21(20)25/h2-14,22H,15-16H2,1H3,(H,26,28)(H,27,29). The first-order valence-corrected chi connectivity index (χ1v) is 9.94. The fourth-order valence-corrected chi connectivity index (χ4v) is 3.24. The lowest BCUT2D eigenvalue weighted by Crippen LogP contribution is -2.33. The minimum atomic E-state index is -0.481. The Morgan fingerprint density at radius 3 is 2.27 bits per heavy atom. The van der Waals surface area contributed by atoms with E-state index in [1.807, 2.05) is 54.6 Å². The van der Waals surface area contributed by atoms with Crippen molar-refractivity contribution in [3.8, 4) is 5.75 Å². The third-order valence-corrected chi connectivity index (χ3v) is 4.99. The first-order chi connectivity index (χ1) is 14.6. The molecule has 3 aromatic rings. The van der Waals surface area contributed by atoms with E-state index in [-0.39, 0.29) is 18.2 Å². The zero-order valence-electron chi connectivity index (χ0n) is 16.6. The second-order valence-electron chi connectivity index (χ2n) is 6.75. The van der Waals surface area contributed by atoms with Gasteiger partial charge in [-0.3, -0.25) is 9.59 Å². The molecule has 6 heteroatoms. The molecule has 0 fully saturated rings. The molecule has 154 valence electrons. The Kier molecular flexibility index (Phi) is 7.46. The number of halogens is 1. The van der Waals surface area contributed by atoms with Crippen LogP contribution in [0.3, 0.4) is 0 Å². The van der Waals surface area contributed by atoms with Gasteiger partial charge in [0.2, 0.25) is 5.91 Å². The van der Waals surface area contributed by atoms with Gasteiger partial charge >= 0.3 is 0 Å². The number of methoxy groups -OCH3 is 1. The Hall–Kier alpha value is -3.31. The van der Waals surface area contributed by atoms with Gasteiger partial charge in [-0.25, -0.2) is 0 Å². The van der Waals surface area contributed by atoms with Gasteiger partial charge in [-0.05, 0) is 35.4 Å². The molecular weight excluding hydrogens is 400 g/mol. The van der Waals surface area contributed by atoms with Crippen LogP contribution in [0.15, 0.2) is 78.9 Å². The number of rotatable bonds is 8. The van der Waals surface area contributed by atoms with Crippen LogP contribution in [-0.2, 0) is 11.3 Å². The largest absolute Gasteiger partial charge is 0.497 e. The van der Waals surface area contributed by atoms with E-state index in [0.29, 0.717) is 17.1 Å². The van der Waals surface area contributed by atoms with E-state index in [2.05, 4.69) is 10.6 Å². The zero-order valence-corrected chi connectivity index (χ0v) is 17.4. The van der Waals surface area contributed by atoms with Crippen LogP contribution in [0.2, 0.25) is 5.02 Å². The summed E-state index contributed by atoms with van der Waals surface area (Å²) in [6.07, 6.45) is 0.108. The lowest BCUT2D eigenvalue weighted by molar-refractivity contribution is -0.121. The van der Waals surface area contributed by atoms with Gasteiger partial charge in [-0.15, -0.1) is 0 Å². The fraction of sp³-hybridized carbons (Fsp3) is 0.167. The minimum Gasteiger partial charge on any atom is -0.497 e. The summed E-state index contributed by atoms with van der Waals surface area (Å²) in [4.78, 5) is 25.3. The molecule has 0 saturated heterocycles. The summed E-state index contributed by atoms with van der Waals surface area (Å²) in [7, 11) is 1.61.